The number of anilines is 1. The predicted molar refractivity (Wildman–Crippen MR) is 139 cm³/mol. The van der Waals surface area contributed by atoms with Gasteiger partial charge in [-0.3, -0.25) is 9.69 Å². The van der Waals surface area contributed by atoms with Crippen LogP contribution in [0, 0.1) is 0 Å². The number of aromatic nitrogens is 1. The highest BCUT2D eigenvalue weighted by molar-refractivity contribution is 7.15. The number of nitrogens with one attached hydrogen (secondary N) is 1. The van der Waals surface area contributed by atoms with E-state index in [0.29, 0.717) is 28.6 Å². The van der Waals surface area contributed by atoms with E-state index in [1.54, 1.807) is 7.11 Å². The molecule has 2 aliphatic heterocycles. The lowest BCUT2D eigenvalue weighted by molar-refractivity contribution is -0.118. The summed E-state index contributed by atoms with van der Waals surface area (Å²) in [6.07, 6.45) is 5.69. The Bertz CT molecular complexity index is 1280. The number of fused-ring (bicyclic) bond motifs is 1. The molecule has 6 rings (SSSR count). The summed E-state index contributed by atoms with van der Waals surface area (Å²) in [5.41, 5.74) is 1.53. The Labute approximate surface area is 219 Å². The number of carbonyl (C=O) groups excluding carboxylic acids is 1. The van der Waals surface area contributed by atoms with Crippen LogP contribution in [0.1, 0.15) is 47.7 Å². The van der Waals surface area contributed by atoms with Gasteiger partial charge in [0.05, 0.1) is 18.1 Å². The van der Waals surface area contributed by atoms with Gasteiger partial charge in [-0.05, 0) is 67.6 Å². The van der Waals surface area contributed by atoms with E-state index in [1.807, 2.05) is 42.6 Å². The quantitative estimate of drug-likeness (QED) is 0.425. The fourth-order valence-electron chi connectivity index (χ4n) is 5.42. The highest BCUT2D eigenvalue weighted by Crippen LogP contribution is 2.51. The van der Waals surface area contributed by atoms with Crippen molar-refractivity contribution >= 4 is 34.0 Å². The minimum Gasteiger partial charge on any atom is -0.454 e. The van der Waals surface area contributed by atoms with E-state index in [4.69, 9.17) is 25.8 Å². The summed E-state index contributed by atoms with van der Waals surface area (Å²) < 4.78 is 16.5. The summed E-state index contributed by atoms with van der Waals surface area (Å²) >= 11 is 7.90. The molecule has 3 aromatic rings. The number of halogens is 1. The number of thiazole rings is 1. The van der Waals surface area contributed by atoms with Crippen molar-refractivity contribution in [1.82, 2.24) is 9.88 Å². The van der Waals surface area contributed by atoms with E-state index in [1.165, 1.54) is 11.3 Å². The van der Waals surface area contributed by atoms with Crippen LogP contribution in [0.2, 0.25) is 5.02 Å². The van der Waals surface area contributed by atoms with Crippen molar-refractivity contribution in [2.75, 3.05) is 32.4 Å². The zero-order valence-electron chi connectivity index (χ0n) is 20.0. The molecule has 0 bridgehead atoms. The number of nitrogens with zero attached hydrogens (tertiary/aromatic N) is 2. The minimum atomic E-state index is -0.544. The van der Waals surface area contributed by atoms with Crippen molar-refractivity contribution < 1.29 is 19.0 Å². The van der Waals surface area contributed by atoms with Gasteiger partial charge in [0.25, 0.3) is 0 Å². The topological polar surface area (TPSA) is 72.9 Å². The summed E-state index contributed by atoms with van der Waals surface area (Å²) in [4.78, 5) is 21.6. The number of hydrogen-bond donors (Lipinski definition) is 1. The van der Waals surface area contributed by atoms with E-state index in [9.17, 15) is 4.79 Å². The third kappa shape index (κ3) is 4.36. The second-order valence-corrected chi connectivity index (χ2v) is 11.1. The van der Waals surface area contributed by atoms with Crippen LogP contribution in [0.15, 0.2) is 48.7 Å². The first-order valence-corrected chi connectivity index (χ1v) is 13.4. The number of amides is 1. The van der Waals surface area contributed by atoms with E-state index in [0.717, 1.165) is 54.0 Å². The van der Waals surface area contributed by atoms with Crippen LogP contribution < -0.4 is 14.8 Å². The molecule has 1 aliphatic carbocycles. The number of carbonyl (C=O) groups is 1. The molecule has 9 heteroatoms. The van der Waals surface area contributed by atoms with Gasteiger partial charge in [-0.15, -0.1) is 0 Å². The first kappa shape index (κ1) is 23.7. The second-order valence-electron chi connectivity index (χ2n) is 9.62. The number of benzene rings is 2. The fourth-order valence-corrected chi connectivity index (χ4v) is 6.58. The zero-order chi connectivity index (χ0) is 24.7. The lowest BCUT2D eigenvalue weighted by Gasteiger charge is -2.32. The summed E-state index contributed by atoms with van der Waals surface area (Å²) in [5, 5.41) is 4.42. The Hall–Kier alpha value is -2.65. The lowest BCUT2D eigenvalue weighted by Crippen LogP contribution is -2.36. The molecule has 2 aromatic carbocycles. The standard InChI is InChI=1S/C27H28ClN3O4S/c1-33-15-20-6-3-11-31(20)24(17-4-2-5-19(28)12-17)23-14-29-26(36-23)30-25(32)27(9-10-27)18-7-8-21-22(13-18)35-16-34-21/h2,4-5,7-8,12-14,20,24H,3,6,9-11,15-16H2,1H3,(H,29,30,32)/t20-,24?/m0/s1. The summed E-state index contributed by atoms with van der Waals surface area (Å²) in [6, 6.07) is 14.1. The van der Waals surface area contributed by atoms with Crippen LogP contribution in [0.4, 0.5) is 5.13 Å². The molecule has 1 saturated heterocycles. The SMILES string of the molecule is COC[C@@H]1CCCN1C(c1cccc(Cl)c1)c1cnc(NC(=O)C2(c3ccc4c(c3)OCO4)CC2)s1. The molecule has 2 fully saturated rings. The smallest absolute Gasteiger partial charge is 0.236 e. The molecular weight excluding hydrogens is 498 g/mol. The van der Waals surface area contributed by atoms with Gasteiger partial charge < -0.3 is 19.5 Å². The maximum atomic E-state index is 13.4. The van der Waals surface area contributed by atoms with Crippen LogP contribution in [-0.2, 0) is 14.9 Å². The summed E-state index contributed by atoms with van der Waals surface area (Å²) in [6.45, 7) is 1.87. The van der Waals surface area contributed by atoms with E-state index >= 15 is 0 Å². The van der Waals surface area contributed by atoms with E-state index in [2.05, 4.69) is 21.3 Å². The molecule has 1 N–H and O–H groups in total. The van der Waals surface area contributed by atoms with Gasteiger partial charge in [0, 0.05) is 29.2 Å². The first-order chi connectivity index (χ1) is 17.6. The Morgan fingerprint density at radius 3 is 2.94 bits per heavy atom. The largest absolute Gasteiger partial charge is 0.454 e. The molecule has 1 aromatic heterocycles. The molecule has 3 aliphatic rings. The van der Waals surface area contributed by atoms with Crippen LogP contribution >= 0.6 is 22.9 Å². The maximum absolute atomic E-state index is 13.4. The molecule has 1 unspecified atom stereocenters. The minimum absolute atomic E-state index is 0.00162. The van der Waals surface area contributed by atoms with Crippen molar-refractivity contribution in [2.45, 2.75) is 43.2 Å². The Morgan fingerprint density at radius 1 is 1.28 bits per heavy atom. The number of likely N-dealkylation sites (tertiary alicyclic amines) is 1. The summed E-state index contributed by atoms with van der Waals surface area (Å²) in [5.74, 6) is 1.39. The van der Waals surface area contributed by atoms with Crippen molar-refractivity contribution in [3.8, 4) is 11.5 Å². The Morgan fingerprint density at radius 2 is 2.14 bits per heavy atom. The van der Waals surface area contributed by atoms with Gasteiger partial charge in [-0.25, -0.2) is 4.98 Å². The van der Waals surface area contributed by atoms with Gasteiger partial charge in [-0.1, -0.05) is 41.1 Å². The van der Waals surface area contributed by atoms with Crippen LogP contribution in [0.5, 0.6) is 11.5 Å². The monoisotopic (exact) mass is 525 g/mol. The van der Waals surface area contributed by atoms with Crippen LogP contribution in [0.25, 0.3) is 0 Å². The van der Waals surface area contributed by atoms with Crippen LogP contribution in [-0.4, -0.2) is 48.9 Å². The first-order valence-electron chi connectivity index (χ1n) is 12.2. The molecule has 0 radical (unpaired) electrons. The zero-order valence-corrected chi connectivity index (χ0v) is 21.6. The Balaban J connectivity index is 1.25. The lowest BCUT2D eigenvalue weighted by atomic mass is 9.94. The fraction of sp³-hybridized carbons (Fsp3) is 0.407. The molecular formula is C27H28ClN3O4S. The molecule has 36 heavy (non-hydrogen) atoms. The van der Waals surface area contributed by atoms with E-state index in [-0.39, 0.29) is 18.7 Å². The molecule has 0 spiro atoms. The number of hydrogen-bond acceptors (Lipinski definition) is 7. The van der Waals surface area contributed by atoms with Crippen molar-refractivity contribution in [3.05, 3.63) is 69.7 Å². The molecule has 188 valence electrons. The normalized spacial score (nSPS) is 20.9. The molecule has 1 saturated carbocycles. The van der Waals surface area contributed by atoms with E-state index < -0.39 is 5.41 Å². The van der Waals surface area contributed by atoms with Gasteiger partial charge in [0.1, 0.15) is 0 Å². The van der Waals surface area contributed by atoms with Crippen molar-refractivity contribution in [1.29, 1.82) is 0 Å². The van der Waals surface area contributed by atoms with Gasteiger partial charge in [-0.2, -0.15) is 0 Å². The average Bonchev–Trinajstić information content (AvgIpc) is 3.18. The predicted octanol–water partition coefficient (Wildman–Crippen LogP) is 5.40. The Kier molecular flexibility index (Phi) is 6.37. The van der Waals surface area contributed by atoms with Crippen molar-refractivity contribution in [2.24, 2.45) is 0 Å². The number of ether oxygens (including phenoxy) is 3. The average molecular weight is 526 g/mol. The third-order valence-electron chi connectivity index (χ3n) is 7.40. The van der Waals surface area contributed by atoms with Crippen molar-refractivity contribution in [3.63, 3.8) is 0 Å². The van der Waals surface area contributed by atoms with Gasteiger partial charge in [0.2, 0.25) is 12.7 Å². The molecule has 1 amide bonds. The molecule has 2 atom stereocenters. The molecule has 3 heterocycles. The number of methoxy groups -OCH3 is 1. The summed E-state index contributed by atoms with van der Waals surface area (Å²) in [7, 11) is 1.75. The second kappa shape index (κ2) is 9.67. The van der Waals surface area contributed by atoms with Crippen LogP contribution in [0.3, 0.4) is 0 Å². The maximum Gasteiger partial charge on any atom is 0.236 e. The molecule has 7 nitrogen and oxygen atoms in total. The number of rotatable bonds is 8. The van der Waals surface area contributed by atoms with Gasteiger partial charge >= 0.3 is 0 Å². The third-order valence-corrected chi connectivity index (χ3v) is 8.60. The van der Waals surface area contributed by atoms with Gasteiger partial charge in [0.15, 0.2) is 16.6 Å². The highest BCUT2D eigenvalue weighted by Gasteiger charge is 2.52. The highest BCUT2D eigenvalue weighted by atomic mass is 35.5.